The number of hydrogen-bond donors (Lipinski definition) is 2. The van der Waals surface area contributed by atoms with E-state index in [4.69, 9.17) is 0 Å². The van der Waals surface area contributed by atoms with Crippen LogP contribution < -0.4 is 0 Å². The molecule has 2 aliphatic heterocycles. The van der Waals surface area contributed by atoms with Crippen molar-refractivity contribution in [2.24, 2.45) is 5.92 Å². The van der Waals surface area contributed by atoms with Crippen LogP contribution in [0.15, 0.2) is 24.3 Å². The molecule has 1 saturated carbocycles. The maximum Gasteiger partial charge on any atom is 2.00 e. The maximum absolute atomic E-state index is 9.61. The van der Waals surface area contributed by atoms with Crippen LogP contribution in [0.3, 0.4) is 0 Å². The van der Waals surface area contributed by atoms with Gasteiger partial charge in [0.15, 0.2) is 0 Å². The molecule has 1 saturated heterocycles. The van der Waals surface area contributed by atoms with Crippen molar-refractivity contribution >= 4 is 11.8 Å². The number of piperidine rings is 1. The normalized spacial score (nSPS) is 28.1. The van der Waals surface area contributed by atoms with Crippen molar-refractivity contribution in [3.63, 3.8) is 0 Å². The number of phenols is 1. The summed E-state index contributed by atoms with van der Waals surface area (Å²) in [6.45, 7) is 1.66. The minimum Gasteiger partial charge on any atom is -0.678 e. The molecule has 1 aromatic carbocycles. The minimum absolute atomic E-state index is 0. The molecule has 2 N–H and O–H groups in total. The van der Waals surface area contributed by atoms with E-state index >= 15 is 0 Å². The minimum atomic E-state index is -0.117. The van der Waals surface area contributed by atoms with E-state index in [0.717, 1.165) is 24.2 Å². The molecule has 0 spiro atoms. The van der Waals surface area contributed by atoms with Crippen LogP contribution in [0.5, 0.6) is 5.75 Å². The van der Waals surface area contributed by atoms with Gasteiger partial charge in [-0.1, -0.05) is 55.5 Å². The van der Waals surface area contributed by atoms with Gasteiger partial charge in [-0.05, 0) is 18.1 Å². The Bertz CT molecular complexity index is 534. The average molecular weight is 355 g/mol. The van der Waals surface area contributed by atoms with Crippen molar-refractivity contribution in [2.45, 2.75) is 44.2 Å². The third kappa shape index (κ3) is 4.51. The summed E-state index contributed by atoms with van der Waals surface area (Å²) in [7, 11) is 0. The van der Waals surface area contributed by atoms with Crippen LogP contribution in [0, 0.1) is 5.92 Å². The average Bonchev–Trinajstić information content (AvgIpc) is 2.57. The van der Waals surface area contributed by atoms with Gasteiger partial charge in [0, 0.05) is 6.10 Å². The summed E-state index contributed by atoms with van der Waals surface area (Å²) >= 11 is 0. The van der Waals surface area contributed by atoms with Crippen molar-refractivity contribution in [3.8, 4) is 5.75 Å². The van der Waals surface area contributed by atoms with Crippen LogP contribution in [-0.2, 0) is 17.1 Å². The summed E-state index contributed by atoms with van der Waals surface area (Å²) in [6.07, 6.45) is 9.85. The number of benzene rings is 1. The fourth-order valence-corrected chi connectivity index (χ4v) is 3.60. The number of para-hydroxylation sites is 1. The Labute approximate surface area is 148 Å². The van der Waals surface area contributed by atoms with E-state index in [2.05, 4.69) is 10.6 Å². The van der Waals surface area contributed by atoms with Crippen molar-refractivity contribution < 1.29 is 27.3 Å². The molecule has 0 aromatic heterocycles. The quantitative estimate of drug-likeness (QED) is 0.688. The zero-order valence-electron chi connectivity index (χ0n) is 13.2. The Kier molecular flexibility index (Phi) is 6.97. The third-order valence-corrected chi connectivity index (χ3v) is 4.72. The van der Waals surface area contributed by atoms with E-state index in [1.54, 1.807) is 6.07 Å². The molecule has 1 radical (unpaired) electrons. The molecule has 3 atom stereocenters. The van der Waals surface area contributed by atoms with Gasteiger partial charge >= 0.3 is 17.1 Å². The van der Waals surface area contributed by atoms with Crippen LogP contribution in [0.2, 0.25) is 0 Å². The van der Waals surface area contributed by atoms with E-state index < -0.39 is 0 Å². The first-order valence-electron chi connectivity index (χ1n) is 8.26. The zero-order chi connectivity index (χ0) is 15.4. The first-order valence-corrected chi connectivity index (χ1v) is 8.26. The second kappa shape index (κ2) is 8.74. The number of aromatic hydroxyl groups is 1. The topological polar surface area (TPSA) is 68.7 Å². The number of fused-ring (bicyclic) bond motifs is 2. The summed E-state index contributed by atoms with van der Waals surface area (Å²) in [4.78, 5) is 0. The first-order chi connectivity index (χ1) is 10.8. The number of aliphatic hydroxyl groups excluding tert-OH is 1. The fraction of sp³-hybridized carbons (Fsp3) is 0.556. The summed E-state index contributed by atoms with van der Waals surface area (Å²) in [5.74, 6) is 0.986. The molecular formula is C18H24MnN2O2. The van der Waals surface area contributed by atoms with Crippen molar-refractivity contribution in [3.05, 3.63) is 40.5 Å². The second-order valence-electron chi connectivity index (χ2n) is 6.26. The molecule has 2 fully saturated rings. The van der Waals surface area contributed by atoms with Gasteiger partial charge in [-0.15, -0.1) is 25.2 Å². The molecule has 4 nitrogen and oxygen atoms in total. The van der Waals surface area contributed by atoms with Crippen molar-refractivity contribution in [1.82, 2.24) is 0 Å². The summed E-state index contributed by atoms with van der Waals surface area (Å²) in [5.41, 5.74) is 1.71. The molecule has 125 valence electrons. The maximum atomic E-state index is 9.61. The van der Waals surface area contributed by atoms with Gasteiger partial charge in [0.1, 0.15) is 5.75 Å². The molecule has 0 bridgehead atoms. The van der Waals surface area contributed by atoms with Gasteiger partial charge in [0.25, 0.3) is 0 Å². The van der Waals surface area contributed by atoms with Gasteiger partial charge in [0.2, 0.25) is 0 Å². The predicted octanol–water partition coefficient (Wildman–Crippen LogP) is 4.11. The van der Waals surface area contributed by atoms with Crippen LogP contribution in [0.1, 0.15) is 37.7 Å². The summed E-state index contributed by atoms with van der Waals surface area (Å²) in [6, 6.07) is 5.72. The first kappa shape index (κ1) is 18.3. The van der Waals surface area contributed by atoms with Crippen LogP contribution >= 0.6 is 0 Å². The summed E-state index contributed by atoms with van der Waals surface area (Å²) in [5, 5.41) is 27.6. The number of phenolic OH excluding ortho intramolecular Hbond substituents is 1. The van der Waals surface area contributed by atoms with E-state index in [0.29, 0.717) is 18.5 Å². The number of hydrogen-bond acceptors (Lipinski definition) is 2. The van der Waals surface area contributed by atoms with Gasteiger partial charge in [-0.2, -0.15) is 0 Å². The largest absolute Gasteiger partial charge is 2.00 e. The van der Waals surface area contributed by atoms with E-state index in [9.17, 15) is 10.2 Å². The second-order valence-corrected chi connectivity index (χ2v) is 6.26. The Morgan fingerprint density at radius 2 is 1.91 bits per heavy atom. The zero-order valence-corrected chi connectivity index (χ0v) is 14.4. The number of nitrogens with zero attached hydrogens (tertiary/aromatic N) is 2. The number of aliphatic hydroxyl groups is 1. The molecule has 5 heteroatoms. The predicted molar refractivity (Wildman–Crippen MR) is 89.6 cm³/mol. The Morgan fingerprint density at radius 1 is 1.09 bits per heavy atom. The van der Waals surface area contributed by atoms with Crippen molar-refractivity contribution in [1.29, 1.82) is 0 Å². The molecule has 3 aliphatic rings. The van der Waals surface area contributed by atoms with Gasteiger partial charge in [-0.25, -0.2) is 0 Å². The fourth-order valence-electron chi connectivity index (χ4n) is 3.60. The molecule has 2 heterocycles. The van der Waals surface area contributed by atoms with E-state index in [-0.39, 0.29) is 28.9 Å². The Balaban J connectivity index is 0.000000160. The Hall–Kier alpha value is -1.00. The molecule has 3 unspecified atom stereocenters. The molecule has 23 heavy (non-hydrogen) atoms. The van der Waals surface area contributed by atoms with Crippen LogP contribution in [-0.4, -0.2) is 35.4 Å². The van der Waals surface area contributed by atoms with Crippen molar-refractivity contribution in [2.75, 3.05) is 13.1 Å². The molecule has 1 aliphatic carbocycles. The molecule has 0 amide bonds. The van der Waals surface area contributed by atoms with Gasteiger partial charge in [-0.3, -0.25) is 0 Å². The Morgan fingerprint density at radius 3 is 2.70 bits per heavy atom. The monoisotopic (exact) mass is 355 g/mol. The summed E-state index contributed by atoms with van der Waals surface area (Å²) < 4.78 is 0. The van der Waals surface area contributed by atoms with E-state index in [1.165, 1.54) is 25.7 Å². The molecule has 4 rings (SSSR count). The third-order valence-electron chi connectivity index (χ3n) is 4.72. The number of rotatable bonds is 0. The molecule has 1 aromatic rings. The van der Waals surface area contributed by atoms with Gasteiger partial charge in [0.05, 0.1) is 0 Å². The van der Waals surface area contributed by atoms with Crippen LogP contribution in [0.4, 0.5) is 5.69 Å². The SMILES string of the molecule is OC1CCCC2CCC[N-]C12.Oc1cccc2c1[N-]CC=C2.[Mn+2]. The van der Waals surface area contributed by atoms with Crippen LogP contribution in [0.25, 0.3) is 16.7 Å². The van der Waals surface area contributed by atoms with Gasteiger partial charge < -0.3 is 20.8 Å². The van der Waals surface area contributed by atoms with E-state index in [1.807, 2.05) is 24.3 Å². The molecular weight excluding hydrogens is 331 g/mol. The smallest absolute Gasteiger partial charge is 0.678 e. The standard InChI is InChI=1S/C9H16NO.C9H8NO.Mn/c2*11-8-5-1-3-7-4-2-6-10-9(7)8;/h7-9,11H,1-6H2;1-5,11H,6H2;/q2*-1;+2.